The van der Waals surface area contributed by atoms with Crippen LogP contribution in [0, 0.1) is 0 Å². The molecule has 0 atom stereocenters. The highest BCUT2D eigenvalue weighted by Gasteiger charge is 2.18. The molecule has 0 radical (unpaired) electrons. The molecule has 0 aromatic heterocycles. The van der Waals surface area contributed by atoms with Crippen molar-refractivity contribution in [2.24, 2.45) is 0 Å². The van der Waals surface area contributed by atoms with Gasteiger partial charge in [0.25, 0.3) is 5.91 Å². The van der Waals surface area contributed by atoms with Gasteiger partial charge in [0.2, 0.25) is 0 Å². The molecule has 0 aliphatic carbocycles. The summed E-state index contributed by atoms with van der Waals surface area (Å²) in [7, 11) is 0. The lowest BCUT2D eigenvalue weighted by Gasteiger charge is -2.27. The van der Waals surface area contributed by atoms with Gasteiger partial charge in [-0.15, -0.1) is 0 Å². The zero-order valence-corrected chi connectivity index (χ0v) is 13.3. The SMILES string of the molecule is CC(C)(CNC(=O)c1ccccc1)NCCc1ccccc1. The van der Waals surface area contributed by atoms with Crippen LogP contribution in [0.3, 0.4) is 0 Å². The minimum Gasteiger partial charge on any atom is -0.350 e. The summed E-state index contributed by atoms with van der Waals surface area (Å²) in [6, 6.07) is 19.7. The highest BCUT2D eigenvalue weighted by Crippen LogP contribution is 2.04. The van der Waals surface area contributed by atoms with Crippen molar-refractivity contribution in [3.63, 3.8) is 0 Å². The molecule has 22 heavy (non-hydrogen) atoms. The van der Waals surface area contributed by atoms with Crippen LogP contribution in [0.15, 0.2) is 60.7 Å². The van der Waals surface area contributed by atoms with Crippen LogP contribution in [-0.2, 0) is 6.42 Å². The van der Waals surface area contributed by atoms with Gasteiger partial charge in [0.05, 0.1) is 0 Å². The average molecular weight is 296 g/mol. The third-order valence-corrected chi connectivity index (χ3v) is 3.59. The number of carbonyl (C=O) groups is 1. The third-order valence-electron chi connectivity index (χ3n) is 3.59. The first-order valence-corrected chi connectivity index (χ1v) is 7.69. The summed E-state index contributed by atoms with van der Waals surface area (Å²) in [5, 5.41) is 6.49. The Morgan fingerprint density at radius 3 is 2.18 bits per heavy atom. The molecule has 2 N–H and O–H groups in total. The van der Waals surface area contributed by atoms with Gasteiger partial charge in [0.15, 0.2) is 0 Å². The van der Waals surface area contributed by atoms with E-state index >= 15 is 0 Å². The molecule has 0 bridgehead atoms. The molecule has 2 rings (SSSR count). The van der Waals surface area contributed by atoms with Crippen molar-refractivity contribution in [1.29, 1.82) is 0 Å². The Bertz CT molecular complexity index is 579. The van der Waals surface area contributed by atoms with E-state index in [0.717, 1.165) is 13.0 Å². The first-order valence-electron chi connectivity index (χ1n) is 7.69. The first-order chi connectivity index (χ1) is 10.6. The van der Waals surface area contributed by atoms with E-state index in [9.17, 15) is 4.79 Å². The predicted octanol–water partition coefficient (Wildman–Crippen LogP) is 3.03. The summed E-state index contributed by atoms with van der Waals surface area (Å²) in [5.41, 5.74) is 1.88. The molecular formula is C19H24N2O. The van der Waals surface area contributed by atoms with Crippen molar-refractivity contribution in [2.45, 2.75) is 25.8 Å². The number of amides is 1. The summed E-state index contributed by atoms with van der Waals surface area (Å²) >= 11 is 0. The van der Waals surface area contributed by atoms with Crippen LogP contribution < -0.4 is 10.6 Å². The van der Waals surface area contributed by atoms with E-state index in [0.29, 0.717) is 12.1 Å². The van der Waals surface area contributed by atoms with E-state index in [1.807, 2.05) is 36.4 Å². The van der Waals surface area contributed by atoms with Gasteiger partial charge in [-0.1, -0.05) is 48.5 Å². The van der Waals surface area contributed by atoms with E-state index in [4.69, 9.17) is 0 Å². The van der Waals surface area contributed by atoms with Crippen LogP contribution in [0.5, 0.6) is 0 Å². The molecule has 0 spiro atoms. The Balaban J connectivity index is 1.75. The highest BCUT2D eigenvalue weighted by molar-refractivity contribution is 5.94. The molecule has 3 heteroatoms. The molecular weight excluding hydrogens is 272 g/mol. The number of carbonyl (C=O) groups excluding carboxylic acids is 1. The maximum atomic E-state index is 12.0. The van der Waals surface area contributed by atoms with E-state index in [1.54, 1.807) is 0 Å². The molecule has 0 aliphatic heterocycles. The number of rotatable bonds is 7. The molecule has 0 saturated heterocycles. The Morgan fingerprint density at radius 2 is 1.55 bits per heavy atom. The van der Waals surface area contributed by atoms with Gasteiger partial charge in [0, 0.05) is 17.6 Å². The van der Waals surface area contributed by atoms with Crippen LogP contribution in [-0.4, -0.2) is 24.5 Å². The molecule has 2 aromatic carbocycles. The minimum atomic E-state index is -0.140. The predicted molar refractivity (Wildman–Crippen MR) is 91.0 cm³/mol. The van der Waals surface area contributed by atoms with Gasteiger partial charge >= 0.3 is 0 Å². The summed E-state index contributed by atoms with van der Waals surface area (Å²) in [6.07, 6.45) is 0.983. The van der Waals surface area contributed by atoms with Gasteiger partial charge in [-0.3, -0.25) is 4.79 Å². The number of benzene rings is 2. The lowest BCUT2D eigenvalue weighted by molar-refractivity contribution is 0.0942. The Morgan fingerprint density at radius 1 is 0.955 bits per heavy atom. The molecule has 3 nitrogen and oxygen atoms in total. The third kappa shape index (κ3) is 5.34. The number of hydrogen-bond acceptors (Lipinski definition) is 2. The van der Waals surface area contributed by atoms with Crippen molar-refractivity contribution in [3.05, 3.63) is 71.8 Å². The highest BCUT2D eigenvalue weighted by atomic mass is 16.1. The normalized spacial score (nSPS) is 11.2. The van der Waals surface area contributed by atoms with Gasteiger partial charge in [-0.25, -0.2) is 0 Å². The second-order valence-electron chi connectivity index (χ2n) is 6.09. The van der Waals surface area contributed by atoms with Crippen LogP contribution >= 0.6 is 0 Å². The van der Waals surface area contributed by atoms with Gasteiger partial charge in [0.1, 0.15) is 0 Å². The van der Waals surface area contributed by atoms with E-state index in [1.165, 1.54) is 5.56 Å². The minimum absolute atomic E-state index is 0.0291. The largest absolute Gasteiger partial charge is 0.350 e. The van der Waals surface area contributed by atoms with Gasteiger partial charge in [-0.2, -0.15) is 0 Å². The molecule has 2 aromatic rings. The smallest absolute Gasteiger partial charge is 0.251 e. The Kier molecular flexibility index (Phi) is 5.73. The summed E-state index contributed by atoms with van der Waals surface area (Å²) in [4.78, 5) is 12.0. The Labute approximate surface area is 132 Å². The number of hydrogen-bond donors (Lipinski definition) is 2. The van der Waals surface area contributed by atoms with Crippen LogP contribution in [0.4, 0.5) is 0 Å². The maximum Gasteiger partial charge on any atom is 0.251 e. The molecule has 0 fully saturated rings. The first kappa shape index (κ1) is 16.2. The fourth-order valence-electron chi connectivity index (χ4n) is 2.25. The lowest BCUT2D eigenvalue weighted by Crippen LogP contribution is -2.49. The molecule has 0 heterocycles. The van der Waals surface area contributed by atoms with E-state index in [2.05, 4.69) is 48.7 Å². The Hall–Kier alpha value is -2.13. The van der Waals surface area contributed by atoms with Crippen molar-refractivity contribution < 1.29 is 4.79 Å². The standard InChI is InChI=1S/C19H24N2O/c1-19(2,21-14-13-16-9-5-3-6-10-16)15-20-18(22)17-11-7-4-8-12-17/h3-12,21H,13-15H2,1-2H3,(H,20,22). The summed E-state index contributed by atoms with van der Waals surface area (Å²) in [6.45, 7) is 5.68. The second kappa shape index (κ2) is 7.76. The summed E-state index contributed by atoms with van der Waals surface area (Å²) < 4.78 is 0. The van der Waals surface area contributed by atoms with Crippen LogP contribution in [0.25, 0.3) is 0 Å². The molecule has 1 amide bonds. The fraction of sp³-hybridized carbons (Fsp3) is 0.316. The van der Waals surface area contributed by atoms with Crippen molar-refractivity contribution in [2.75, 3.05) is 13.1 Å². The zero-order valence-electron chi connectivity index (χ0n) is 13.3. The van der Waals surface area contributed by atoms with Gasteiger partial charge < -0.3 is 10.6 Å². The zero-order chi connectivity index (χ0) is 15.8. The second-order valence-corrected chi connectivity index (χ2v) is 6.09. The fourth-order valence-corrected chi connectivity index (χ4v) is 2.25. The van der Waals surface area contributed by atoms with Crippen molar-refractivity contribution >= 4 is 5.91 Å². The quantitative estimate of drug-likeness (QED) is 0.824. The van der Waals surface area contributed by atoms with Crippen LogP contribution in [0.2, 0.25) is 0 Å². The van der Waals surface area contributed by atoms with Crippen molar-refractivity contribution in [1.82, 2.24) is 10.6 Å². The monoisotopic (exact) mass is 296 g/mol. The topological polar surface area (TPSA) is 41.1 Å². The average Bonchev–Trinajstić information content (AvgIpc) is 2.54. The number of nitrogens with one attached hydrogen (secondary N) is 2. The van der Waals surface area contributed by atoms with Gasteiger partial charge in [-0.05, 0) is 44.5 Å². The van der Waals surface area contributed by atoms with E-state index in [-0.39, 0.29) is 11.4 Å². The lowest BCUT2D eigenvalue weighted by atomic mass is 10.0. The molecule has 0 saturated carbocycles. The molecule has 0 aliphatic rings. The van der Waals surface area contributed by atoms with Crippen LogP contribution in [0.1, 0.15) is 29.8 Å². The summed E-state index contributed by atoms with van der Waals surface area (Å²) in [5.74, 6) is -0.0291. The molecule has 116 valence electrons. The molecule has 0 unspecified atom stereocenters. The van der Waals surface area contributed by atoms with Crippen molar-refractivity contribution in [3.8, 4) is 0 Å². The maximum absolute atomic E-state index is 12.0. The van der Waals surface area contributed by atoms with E-state index < -0.39 is 0 Å².